The summed E-state index contributed by atoms with van der Waals surface area (Å²) >= 11 is 2.09. The van der Waals surface area contributed by atoms with Crippen molar-refractivity contribution in [2.45, 2.75) is 116 Å². The molecule has 636 valence electrons. The Labute approximate surface area is 746 Å². The highest BCUT2D eigenvalue weighted by Crippen LogP contribution is 2.49. The molecule has 123 heavy (non-hydrogen) atoms. The first-order valence-corrected chi connectivity index (χ1v) is 42.8. The minimum Gasteiger partial charge on any atom is -1.00 e. The van der Waals surface area contributed by atoms with Gasteiger partial charge in [0.2, 0.25) is 0 Å². The number of nitrogens with one attached hydrogen (secondary N) is 4. The average molecular weight is 1780 g/mol. The molecule has 4 aliphatic rings. The topological polar surface area (TPSA) is 176 Å². The number of aromatic nitrogens is 1. The van der Waals surface area contributed by atoms with Crippen LogP contribution in [0, 0.1) is 3.57 Å². The number of anilines is 2. The highest BCUT2D eigenvalue weighted by atomic mass is 127. The molecule has 0 aliphatic carbocycles. The van der Waals surface area contributed by atoms with Gasteiger partial charge in [0.05, 0.1) is 50.3 Å². The normalized spacial score (nSPS) is 14.0. The van der Waals surface area contributed by atoms with Crippen LogP contribution in [0.1, 0.15) is 191 Å². The zero-order valence-electron chi connectivity index (χ0n) is 72.7. The Bertz CT molecular complexity index is 5060. The summed E-state index contributed by atoms with van der Waals surface area (Å²) in [5, 5.41) is 12.0. The molecule has 0 saturated heterocycles. The van der Waals surface area contributed by atoms with Gasteiger partial charge in [0.1, 0.15) is 67.6 Å². The average Bonchev–Trinajstić information content (AvgIpc) is 0.734. The third-order valence-corrected chi connectivity index (χ3v) is 22.4. The fourth-order valence-electron chi connectivity index (χ4n) is 15.1. The minimum absolute atomic E-state index is 0. The van der Waals surface area contributed by atoms with E-state index in [1.54, 1.807) is 65.5 Å². The van der Waals surface area contributed by atoms with Crippen LogP contribution in [0.25, 0.3) is 0 Å². The van der Waals surface area contributed by atoms with Crippen molar-refractivity contribution >= 4 is 57.6 Å². The number of benzene rings is 11. The first-order valence-electron chi connectivity index (χ1n) is 41.7. The number of nitrogens with zero attached hydrogens (tertiary/aromatic N) is 1. The Morgan fingerprint density at radius 1 is 0.333 bits per heavy atom. The van der Waals surface area contributed by atoms with E-state index in [-0.39, 0.29) is 70.9 Å². The summed E-state index contributed by atoms with van der Waals surface area (Å²) in [5.41, 5.74) is 15.5. The summed E-state index contributed by atoms with van der Waals surface area (Å²) in [6.45, 7) is 30.8. The van der Waals surface area contributed by atoms with Crippen LogP contribution >= 0.6 is 22.6 Å². The summed E-state index contributed by atoms with van der Waals surface area (Å²) < 4.78 is 36.5. The second-order valence-corrected chi connectivity index (χ2v) is 36.0. The van der Waals surface area contributed by atoms with E-state index in [4.69, 9.17) is 28.4 Å². The highest BCUT2D eigenvalue weighted by molar-refractivity contribution is 14.1. The van der Waals surface area contributed by atoms with Gasteiger partial charge in [0.15, 0.2) is 12.4 Å². The predicted octanol–water partition coefficient (Wildman–Crippen LogP) is 18.2. The van der Waals surface area contributed by atoms with E-state index in [9.17, 15) is 19.2 Å². The van der Waals surface area contributed by atoms with Gasteiger partial charge in [-0.05, 0) is 208 Å². The van der Waals surface area contributed by atoms with Crippen molar-refractivity contribution in [2.24, 2.45) is 7.05 Å². The number of carbonyl (C=O) groups excluding carboxylic acids is 4. The van der Waals surface area contributed by atoms with E-state index in [0.717, 1.165) is 48.1 Å². The van der Waals surface area contributed by atoms with Crippen molar-refractivity contribution in [3.05, 3.63) is 396 Å². The van der Waals surface area contributed by atoms with Gasteiger partial charge in [0, 0.05) is 26.1 Å². The second kappa shape index (κ2) is 41.5. The molecule has 1 aromatic heterocycles. The van der Waals surface area contributed by atoms with Crippen LogP contribution < -0.4 is 57.2 Å². The second-order valence-electron chi connectivity index (χ2n) is 34.8. The number of halogens is 2. The number of aryl methyl sites for hydroxylation is 1. The van der Waals surface area contributed by atoms with E-state index in [2.05, 4.69) is 309 Å². The number of pyridine rings is 1. The molecule has 0 spiro atoms. The van der Waals surface area contributed by atoms with Crippen LogP contribution in [0.4, 0.5) is 11.4 Å². The number of ether oxygens (including phenoxy) is 6. The molecule has 4 amide bonds. The fourth-order valence-corrected chi connectivity index (χ4v) is 15.8. The SMILES string of the molecule is C[n+]1cc(C(=O)Nc2ccc(C(c3ccccc3)(c3ccc(C(C)(C)C)cc3)c3ccc(C(C)(C)C)cc3)cc2)cc(C(=O)Nc2ccc(C(c3ccccc3)(c3ccc(C(C)(C)C)cc3)c3ccc(C(C)(C)C)cc3)cc2)c1.O=C1NCCOc2ccc(cc2)OCCOC/C=C/COCCOc2ccc(cc2)OCCNC(=O)c2cc(I)cc1c2.[Cl-]. The highest BCUT2D eigenvalue weighted by Gasteiger charge is 2.41. The van der Waals surface area contributed by atoms with Crippen molar-refractivity contribution in [1.29, 1.82) is 0 Å². The Morgan fingerprint density at radius 3 is 0.878 bits per heavy atom. The van der Waals surface area contributed by atoms with E-state index in [1.165, 1.54) is 22.3 Å². The van der Waals surface area contributed by atoms with Crippen molar-refractivity contribution in [3.63, 3.8) is 0 Å². The molecule has 0 fully saturated rings. The largest absolute Gasteiger partial charge is 1.00 e. The van der Waals surface area contributed by atoms with Crippen LogP contribution in [-0.2, 0) is 49.0 Å². The number of amides is 4. The first kappa shape index (κ1) is 92.1. The van der Waals surface area contributed by atoms with Crippen LogP contribution in [0.5, 0.6) is 23.0 Å². The number of hydrogen-bond donors (Lipinski definition) is 4. The number of rotatable bonds is 12. The molecular formula is C106H113ClIN5O10. The lowest BCUT2D eigenvalue weighted by molar-refractivity contribution is -0.671. The molecule has 16 rings (SSSR count). The van der Waals surface area contributed by atoms with Gasteiger partial charge in [0.25, 0.3) is 23.6 Å². The molecule has 0 atom stereocenters. The lowest BCUT2D eigenvalue weighted by atomic mass is 9.64. The Balaban J connectivity index is 0.000000283. The number of hydrogen-bond acceptors (Lipinski definition) is 10. The van der Waals surface area contributed by atoms with Gasteiger partial charge in [-0.2, -0.15) is 0 Å². The van der Waals surface area contributed by atoms with E-state index >= 15 is 0 Å². The predicted molar refractivity (Wildman–Crippen MR) is 497 cm³/mol. The fraction of sp³-hybridized carbons (Fsp3) is 0.274. The Morgan fingerprint density at radius 2 is 0.593 bits per heavy atom. The smallest absolute Gasteiger partial charge is 0.261 e. The van der Waals surface area contributed by atoms with E-state index < -0.39 is 10.8 Å². The van der Waals surface area contributed by atoms with Gasteiger partial charge < -0.3 is 62.1 Å². The maximum atomic E-state index is 14.2. The van der Waals surface area contributed by atoms with Gasteiger partial charge in [-0.15, -0.1) is 0 Å². The van der Waals surface area contributed by atoms with Crippen LogP contribution in [0.15, 0.2) is 304 Å². The molecule has 0 radical (unpaired) electrons. The zero-order valence-corrected chi connectivity index (χ0v) is 75.6. The molecule has 0 saturated carbocycles. The standard InChI is InChI=1S/C74H77N3O2.C32H35IN2O8.ClH/c1-69(2,3)53-24-32-59(33-25-53)73(57-20-16-14-17-21-57,60-34-26-54(27-35-60)70(4,5)6)63-40-44-65(45-41-63)75-67(78)51-48-52(50-77(13)49-51)68(79)76-66-46-42-64(43-47-66)74(58-22-18-15-19-23-58,61-36-28-55(29-37-61)71(7,8)9)62-38-30-56(31-39-62)72(10,11)12;33-26-22-24-21-25(23-26)32(37)35-12-16-41-28-5-9-30(10-6-28)43-20-18-39-14-2-1-13-38-17-19-42-29-7-3-27(4-8-29)40-15-11-34-31(24)36;/h14-50H,1-13H3,(H-,75,76,78,79);1-10,21-23H,11-20H2,(H,34,36)(H,35,37);1H/b;2-1+;. The molecule has 11 aromatic carbocycles. The van der Waals surface area contributed by atoms with Gasteiger partial charge in [-0.1, -0.05) is 277 Å². The summed E-state index contributed by atoms with van der Waals surface area (Å²) in [5.74, 6) is 1.51. The minimum atomic E-state index is -0.672. The molecule has 5 heterocycles. The van der Waals surface area contributed by atoms with E-state index in [1.807, 2.05) is 67.7 Å². The maximum absolute atomic E-state index is 14.2. The zero-order chi connectivity index (χ0) is 86.7. The molecule has 12 aromatic rings. The summed E-state index contributed by atoms with van der Waals surface area (Å²) in [6, 6.07) is 95.3. The summed E-state index contributed by atoms with van der Waals surface area (Å²) in [6.07, 6.45) is 7.29. The van der Waals surface area contributed by atoms with Gasteiger partial charge in [-0.3, -0.25) is 19.2 Å². The number of carbonyl (C=O) groups is 4. The Kier molecular flexibility index (Phi) is 31.0. The first-order chi connectivity index (χ1) is 58.4. The lowest BCUT2D eigenvalue weighted by Crippen LogP contribution is -3.00. The van der Waals surface area contributed by atoms with Gasteiger partial charge in [-0.25, -0.2) is 4.57 Å². The van der Waals surface area contributed by atoms with Crippen LogP contribution in [-0.4, -0.2) is 89.6 Å². The Hall–Kier alpha value is -11.7. The third kappa shape index (κ3) is 23.8. The lowest BCUT2D eigenvalue weighted by Gasteiger charge is -2.37. The van der Waals surface area contributed by atoms with Crippen LogP contribution in [0.2, 0.25) is 0 Å². The van der Waals surface area contributed by atoms with Crippen LogP contribution in [0.3, 0.4) is 0 Å². The monoisotopic (exact) mass is 1780 g/mol. The van der Waals surface area contributed by atoms with Crippen molar-refractivity contribution in [3.8, 4) is 23.0 Å². The molecule has 15 nitrogen and oxygen atoms in total. The molecule has 6 bridgehead atoms. The van der Waals surface area contributed by atoms with Gasteiger partial charge >= 0.3 is 0 Å². The molecule has 0 unspecified atom stereocenters. The molecular weight excluding hydrogens is 1670 g/mol. The maximum Gasteiger partial charge on any atom is 0.261 e. The summed E-state index contributed by atoms with van der Waals surface area (Å²) in [4.78, 5) is 54.0. The van der Waals surface area contributed by atoms with Crippen molar-refractivity contribution in [2.75, 3.05) is 76.6 Å². The molecule has 17 heteroatoms. The van der Waals surface area contributed by atoms with Crippen molar-refractivity contribution in [1.82, 2.24) is 10.6 Å². The third-order valence-electron chi connectivity index (χ3n) is 21.8. The quantitative estimate of drug-likeness (QED) is 0.0399. The van der Waals surface area contributed by atoms with Crippen molar-refractivity contribution < 1.29 is 64.6 Å². The molecule has 4 N–H and O–H groups in total. The van der Waals surface area contributed by atoms with E-state index in [0.29, 0.717) is 109 Å². The summed E-state index contributed by atoms with van der Waals surface area (Å²) in [7, 11) is 1.83. The molecule has 4 aliphatic heterocycles.